The van der Waals surface area contributed by atoms with Crippen LogP contribution < -0.4 is 5.32 Å². The summed E-state index contributed by atoms with van der Waals surface area (Å²) in [5, 5.41) is 3.71. The molecule has 4 heteroatoms. The number of aryl methyl sites for hydroxylation is 2. The van der Waals surface area contributed by atoms with Gasteiger partial charge in [0, 0.05) is 23.8 Å². The number of rotatable bonds is 8. The Morgan fingerprint density at radius 2 is 1.53 bits per heavy atom. The monoisotopic (exact) mass is 420 g/mol. The maximum Gasteiger partial charge on any atom is 0.322 e. The van der Waals surface area contributed by atoms with Crippen LogP contribution in [0.5, 0.6) is 0 Å². The molecule has 0 unspecified atom stereocenters. The Balaban J connectivity index is 1.76. The fraction of sp³-hybridized carbons (Fsp3) is 0.269. The highest BCUT2D eigenvalue weighted by molar-refractivity contribution is 6.30. The van der Waals surface area contributed by atoms with E-state index in [-0.39, 0.29) is 6.03 Å². The first-order valence-electron chi connectivity index (χ1n) is 10.5. The van der Waals surface area contributed by atoms with E-state index in [9.17, 15) is 4.79 Å². The van der Waals surface area contributed by atoms with Crippen molar-refractivity contribution in [1.29, 1.82) is 0 Å². The zero-order valence-electron chi connectivity index (χ0n) is 17.7. The Bertz CT molecular complexity index is 955. The lowest BCUT2D eigenvalue weighted by Gasteiger charge is -2.24. The predicted molar refractivity (Wildman–Crippen MR) is 126 cm³/mol. The molecule has 0 aliphatic rings. The van der Waals surface area contributed by atoms with Gasteiger partial charge in [0.2, 0.25) is 0 Å². The summed E-state index contributed by atoms with van der Waals surface area (Å²) in [5.74, 6) is 0. The van der Waals surface area contributed by atoms with E-state index < -0.39 is 0 Å². The van der Waals surface area contributed by atoms with Gasteiger partial charge < -0.3 is 10.2 Å². The largest absolute Gasteiger partial charge is 0.322 e. The second-order valence-electron chi connectivity index (χ2n) is 7.65. The molecule has 3 aromatic rings. The van der Waals surface area contributed by atoms with Crippen LogP contribution in [0, 0.1) is 6.92 Å². The van der Waals surface area contributed by atoms with Crippen molar-refractivity contribution in [2.45, 2.75) is 46.2 Å². The molecule has 0 saturated heterocycles. The van der Waals surface area contributed by atoms with Crippen molar-refractivity contribution in [3.63, 3.8) is 0 Å². The van der Waals surface area contributed by atoms with Gasteiger partial charge in [-0.2, -0.15) is 0 Å². The molecule has 30 heavy (non-hydrogen) atoms. The number of hydrogen-bond acceptors (Lipinski definition) is 1. The minimum absolute atomic E-state index is 0.126. The van der Waals surface area contributed by atoms with Crippen molar-refractivity contribution >= 4 is 23.3 Å². The highest BCUT2D eigenvalue weighted by Gasteiger charge is 2.16. The summed E-state index contributed by atoms with van der Waals surface area (Å²) in [6, 6.07) is 24.0. The van der Waals surface area contributed by atoms with Crippen molar-refractivity contribution in [3.05, 3.63) is 100 Å². The van der Waals surface area contributed by atoms with E-state index in [1.807, 2.05) is 54.3 Å². The Morgan fingerprint density at radius 3 is 2.17 bits per heavy atom. The quantitative estimate of drug-likeness (QED) is 0.409. The number of nitrogens with one attached hydrogen (secondary N) is 1. The van der Waals surface area contributed by atoms with Gasteiger partial charge in [-0.15, -0.1) is 0 Å². The van der Waals surface area contributed by atoms with E-state index in [0.717, 1.165) is 28.8 Å². The van der Waals surface area contributed by atoms with Crippen LogP contribution >= 0.6 is 11.6 Å². The lowest BCUT2D eigenvalue weighted by atomic mass is 10.1. The average molecular weight is 421 g/mol. The number of carbonyl (C=O) groups excluding carboxylic acids is 1. The van der Waals surface area contributed by atoms with Crippen LogP contribution in [0.15, 0.2) is 72.8 Å². The third-order valence-electron chi connectivity index (χ3n) is 5.15. The molecule has 3 aromatic carbocycles. The molecule has 0 spiro atoms. The van der Waals surface area contributed by atoms with Gasteiger partial charge in [-0.05, 0) is 60.2 Å². The summed E-state index contributed by atoms with van der Waals surface area (Å²) in [5.41, 5.74) is 5.28. The van der Waals surface area contributed by atoms with Gasteiger partial charge in [-0.3, -0.25) is 0 Å². The zero-order chi connectivity index (χ0) is 21.3. The summed E-state index contributed by atoms with van der Waals surface area (Å²) in [7, 11) is 0. The molecular formula is C26H29ClN2O. The van der Waals surface area contributed by atoms with Crippen LogP contribution in [-0.2, 0) is 19.5 Å². The fourth-order valence-corrected chi connectivity index (χ4v) is 3.60. The number of unbranched alkanes of at least 4 members (excludes halogenated alkanes) is 1. The first-order valence-corrected chi connectivity index (χ1v) is 10.9. The predicted octanol–water partition coefficient (Wildman–Crippen LogP) is 7.23. The third-order valence-corrected chi connectivity index (χ3v) is 5.38. The molecule has 0 bridgehead atoms. The molecule has 0 aliphatic heterocycles. The van der Waals surface area contributed by atoms with Crippen LogP contribution in [-0.4, -0.2) is 10.9 Å². The summed E-state index contributed by atoms with van der Waals surface area (Å²) in [6.45, 7) is 5.23. The van der Waals surface area contributed by atoms with Gasteiger partial charge in [0.1, 0.15) is 0 Å². The Morgan fingerprint density at radius 1 is 0.900 bits per heavy atom. The van der Waals surface area contributed by atoms with E-state index in [1.165, 1.54) is 18.4 Å². The summed E-state index contributed by atoms with van der Waals surface area (Å²) >= 11 is 6.05. The van der Waals surface area contributed by atoms with Gasteiger partial charge in [-0.25, -0.2) is 4.79 Å². The zero-order valence-corrected chi connectivity index (χ0v) is 18.5. The molecule has 3 rings (SSSR count). The minimum atomic E-state index is -0.126. The topological polar surface area (TPSA) is 32.3 Å². The van der Waals surface area contributed by atoms with Gasteiger partial charge in [0.15, 0.2) is 0 Å². The number of anilines is 1. The van der Waals surface area contributed by atoms with Crippen molar-refractivity contribution in [2.24, 2.45) is 0 Å². The molecule has 0 heterocycles. The van der Waals surface area contributed by atoms with Crippen molar-refractivity contribution in [2.75, 3.05) is 5.32 Å². The van der Waals surface area contributed by atoms with Gasteiger partial charge in [0.25, 0.3) is 0 Å². The lowest BCUT2D eigenvalue weighted by Crippen LogP contribution is -2.34. The first kappa shape index (κ1) is 21.9. The number of carbonyl (C=O) groups is 1. The number of amides is 2. The lowest BCUT2D eigenvalue weighted by molar-refractivity contribution is 0.206. The second-order valence-corrected chi connectivity index (χ2v) is 8.09. The van der Waals surface area contributed by atoms with Crippen molar-refractivity contribution in [1.82, 2.24) is 4.90 Å². The summed E-state index contributed by atoms with van der Waals surface area (Å²) in [6.07, 6.45) is 3.49. The highest BCUT2D eigenvalue weighted by Crippen LogP contribution is 2.21. The van der Waals surface area contributed by atoms with Gasteiger partial charge in [-0.1, -0.05) is 79.5 Å². The maximum atomic E-state index is 13.1. The molecule has 3 nitrogen and oxygen atoms in total. The van der Waals surface area contributed by atoms with Crippen molar-refractivity contribution in [3.8, 4) is 0 Å². The Kier molecular flexibility index (Phi) is 7.92. The molecular weight excluding hydrogens is 392 g/mol. The maximum absolute atomic E-state index is 13.1. The van der Waals surface area contributed by atoms with Gasteiger partial charge >= 0.3 is 6.03 Å². The van der Waals surface area contributed by atoms with Crippen LogP contribution in [0.2, 0.25) is 5.02 Å². The van der Waals surface area contributed by atoms with E-state index in [0.29, 0.717) is 18.1 Å². The van der Waals surface area contributed by atoms with Gasteiger partial charge in [0.05, 0.1) is 0 Å². The molecule has 0 fully saturated rings. The fourth-order valence-electron chi connectivity index (χ4n) is 3.38. The minimum Gasteiger partial charge on any atom is -0.316 e. The number of halogens is 1. The molecule has 156 valence electrons. The van der Waals surface area contributed by atoms with Crippen LogP contribution in [0.1, 0.15) is 42.0 Å². The van der Waals surface area contributed by atoms with Crippen molar-refractivity contribution < 1.29 is 4.79 Å². The number of hydrogen-bond donors (Lipinski definition) is 1. The van der Waals surface area contributed by atoms with E-state index in [2.05, 4.69) is 36.5 Å². The SMILES string of the molecule is CCCCc1ccc(CN(Cc2ccccc2)C(=O)Nc2ccc(Cl)cc2C)cc1. The normalized spacial score (nSPS) is 10.6. The average Bonchev–Trinajstić information content (AvgIpc) is 2.75. The Labute approximate surface area is 184 Å². The molecule has 2 amide bonds. The van der Waals surface area contributed by atoms with Crippen LogP contribution in [0.3, 0.4) is 0 Å². The van der Waals surface area contributed by atoms with Crippen LogP contribution in [0.25, 0.3) is 0 Å². The molecule has 0 atom stereocenters. The smallest absolute Gasteiger partial charge is 0.316 e. The highest BCUT2D eigenvalue weighted by atomic mass is 35.5. The van der Waals surface area contributed by atoms with E-state index in [1.54, 1.807) is 6.07 Å². The number of nitrogens with zero attached hydrogens (tertiary/aromatic N) is 1. The Hall–Kier alpha value is -2.78. The summed E-state index contributed by atoms with van der Waals surface area (Å²) in [4.78, 5) is 15.0. The molecule has 0 saturated carbocycles. The molecule has 1 N–H and O–H groups in total. The number of benzene rings is 3. The first-order chi connectivity index (χ1) is 14.5. The second kappa shape index (κ2) is 10.8. The number of urea groups is 1. The molecule has 0 radical (unpaired) electrons. The molecule has 0 aliphatic carbocycles. The molecule has 0 aromatic heterocycles. The summed E-state index contributed by atoms with van der Waals surface area (Å²) < 4.78 is 0. The van der Waals surface area contributed by atoms with E-state index in [4.69, 9.17) is 11.6 Å². The van der Waals surface area contributed by atoms with E-state index >= 15 is 0 Å². The standard InChI is InChI=1S/C26H29ClN2O/c1-3-4-8-21-11-13-23(14-12-21)19-29(18-22-9-6-5-7-10-22)26(30)28-25-16-15-24(27)17-20(25)2/h5-7,9-17H,3-4,8,18-19H2,1-2H3,(H,28,30). The third kappa shape index (κ3) is 6.36. The van der Waals surface area contributed by atoms with Crippen LogP contribution in [0.4, 0.5) is 10.5 Å².